The summed E-state index contributed by atoms with van der Waals surface area (Å²) >= 11 is 11.8. The van der Waals surface area contributed by atoms with Gasteiger partial charge in [-0.15, -0.1) is 0 Å². The summed E-state index contributed by atoms with van der Waals surface area (Å²) < 4.78 is 30.4. The second kappa shape index (κ2) is 5.42. The van der Waals surface area contributed by atoms with E-state index >= 15 is 0 Å². The average molecular weight is 331 g/mol. The first-order valence-electron chi connectivity index (χ1n) is 5.67. The van der Waals surface area contributed by atoms with Gasteiger partial charge in [0.2, 0.25) is 5.82 Å². The molecule has 0 radical (unpaired) electrons. The van der Waals surface area contributed by atoms with Crippen LogP contribution in [0, 0.1) is 0 Å². The Hall–Kier alpha value is -1.99. The van der Waals surface area contributed by atoms with Crippen molar-refractivity contribution in [2.75, 3.05) is 0 Å². The molecule has 0 bridgehead atoms. The van der Waals surface area contributed by atoms with Gasteiger partial charge in [0, 0.05) is 16.8 Å². The van der Waals surface area contributed by atoms with Gasteiger partial charge in [-0.1, -0.05) is 28.4 Å². The Kier molecular flexibility index (Phi) is 3.60. The maximum Gasteiger partial charge on any atom is 0.333 e. The quantitative estimate of drug-likeness (QED) is 0.718. The van der Waals surface area contributed by atoms with E-state index in [0.29, 0.717) is 20.3 Å². The maximum absolute atomic E-state index is 12.5. The third kappa shape index (κ3) is 2.74. The van der Waals surface area contributed by atoms with Gasteiger partial charge in [-0.05, 0) is 24.3 Å². The molecule has 108 valence electrons. The largest absolute Gasteiger partial charge is 0.333 e. The van der Waals surface area contributed by atoms with Crippen LogP contribution in [0.3, 0.4) is 0 Å². The normalized spacial score (nSPS) is 11.3. The van der Waals surface area contributed by atoms with Gasteiger partial charge in [0.1, 0.15) is 0 Å². The highest BCUT2D eigenvalue weighted by Crippen LogP contribution is 2.29. The average Bonchev–Trinajstić information content (AvgIpc) is 3.07. The number of halogens is 4. The van der Waals surface area contributed by atoms with Crippen molar-refractivity contribution in [2.24, 2.45) is 0 Å². The lowest BCUT2D eigenvalue weighted by atomic mass is 10.2. The van der Waals surface area contributed by atoms with Gasteiger partial charge >= 0.3 is 6.55 Å². The van der Waals surface area contributed by atoms with Crippen LogP contribution >= 0.6 is 23.2 Å². The van der Waals surface area contributed by atoms with E-state index in [4.69, 9.17) is 27.7 Å². The predicted molar refractivity (Wildman–Crippen MR) is 72.2 cm³/mol. The van der Waals surface area contributed by atoms with Crippen LogP contribution in [-0.4, -0.2) is 19.9 Å². The summed E-state index contributed by atoms with van der Waals surface area (Å²) in [6.45, 7) is -2.73. The van der Waals surface area contributed by atoms with Crippen LogP contribution in [-0.2, 0) is 0 Å². The van der Waals surface area contributed by atoms with Crippen molar-refractivity contribution in [3.8, 4) is 23.0 Å². The monoisotopic (exact) mass is 330 g/mol. The van der Waals surface area contributed by atoms with Crippen LogP contribution in [0.4, 0.5) is 8.78 Å². The zero-order valence-electron chi connectivity index (χ0n) is 10.2. The molecule has 0 aliphatic carbocycles. The van der Waals surface area contributed by atoms with Crippen LogP contribution in [0.25, 0.3) is 23.0 Å². The molecule has 3 rings (SSSR count). The summed E-state index contributed by atoms with van der Waals surface area (Å²) in [6, 6.07) is 6.16. The molecule has 0 N–H and O–H groups in total. The van der Waals surface area contributed by atoms with Crippen molar-refractivity contribution in [2.45, 2.75) is 6.55 Å². The van der Waals surface area contributed by atoms with Crippen molar-refractivity contribution < 1.29 is 13.3 Å². The Morgan fingerprint density at radius 1 is 1.19 bits per heavy atom. The van der Waals surface area contributed by atoms with Crippen molar-refractivity contribution in [3.05, 3.63) is 40.5 Å². The van der Waals surface area contributed by atoms with E-state index in [2.05, 4.69) is 15.2 Å². The summed E-state index contributed by atoms with van der Waals surface area (Å²) in [5.74, 6) is 0.244. The molecular formula is C12H6Cl2F2N4O. The van der Waals surface area contributed by atoms with Crippen LogP contribution in [0.15, 0.2) is 35.0 Å². The highest BCUT2D eigenvalue weighted by Gasteiger charge is 2.16. The minimum absolute atomic E-state index is 0.0235. The second-order valence-corrected chi connectivity index (χ2v) is 4.85. The third-order valence-corrected chi connectivity index (χ3v) is 3.17. The Morgan fingerprint density at radius 2 is 2.00 bits per heavy atom. The molecule has 0 unspecified atom stereocenters. The lowest BCUT2D eigenvalue weighted by Crippen LogP contribution is -1.98. The molecule has 0 fully saturated rings. The Balaban J connectivity index is 1.95. The SMILES string of the molecule is FC(F)n1ccc(-c2nc(-c3ccc(Cl)cc3Cl)no2)n1. The fraction of sp³-hybridized carbons (Fsp3) is 0.0833. The lowest BCUT2D eigenvalue weighted by Gasteiger charge is -1.98. The van der Waals surface area contributed by atoms with E-state index in [1.165, 1.54) is 6.07 Å². The molecule has 2 aromatic heterocycles. The van der Waals surface area contributed by atoms with Gasteiger partial charge in [-0.3, -0.25) is 0 Å². The van der Waals surface area contributed by atoms with Crippen molar-refractivity contribution in [1.82, 2.24) is 19.9 Å². The summed E-state index contributed by atoms with van der Waals surface area (Å²) in [7, 11) is 0. The Bertz CT molecular complexity index is 787. The first-order valence-corrected chi connectivity index (χ1v) is 6.43. The van der Waals surface area contributed by atoms with E-state index in [0.717, 1.165) is 6.20 Å². The number of nitrogens with zero attached hydrogens (tertiary/aromatic N) is 4. The van der Waals surface area contributed by atoms with Crippen molar-refractivity contribution in [3.63, 3.8) is 0 Å². The van der Waals surface area contributed by atoms with Crippen LogP contribution in [0.2, 0.25) is 10.0 Å². The highest BCUT2D eigenvalue weighted by atomic mass is 35.5. The third-order valence-electron chi connectivity index (χ3n) is 2.63. The minimum atomic E-state index is -2.73. The molecule has 0 aliphatic heterocycles. The van der Waals surface area contributed by atoms with E-state index in [-0.39, 0.29) is 17.4 Å². The van der Waals surface area contributed by atoms with Crippen molar-refractivity contribution in [1.29, 1.82) is 0 Å². The first kappa shape index (κ1) is 14.0. The topological polar surface area (TPSA) is 56.7 Å². The molecular weight excluding hydrogens is 325 g/mol. The summed E-state index contributed by atoms with van der Waals surface area (Å²) in [5.41, 5.74) is 0.670. The van der Waals surface area contributed by atoms with E-state index in [1.807, 2.05) is 0 Å². The number of hydrogen-bond donors (Lipinski definition) is 0. The standard InChI is InChI=1S/C12H6Cl2F2N4O/c13-6-1-2-7(8(14)5-6)10-17-11(21-19-10)9-3-4-20(18-9)12(15)16/h1-5,12H. The van der Waals surface area contributed by atoms with Gasteiger partial charge in [-0.25, -0.2) is 4.68 Å². The lowest BCUT2D eigenvalue weighted by molar-refractivity contribution is 0.0568. The van der Waals surface area contributed by atoms with E-state index in [9.17, 15) is 8.78 Å². The number of alkyl halides is 2. The van der Waals surface area contributed by atoms with Crippen LogP contribution < -0.4 is 0 Å². The predicted octanol–water partition coefficient (Wildman–Crippen LogP) is 4.30. The summed E-state index contributed by atoms with van der Waals surface area (Å²) in [4.78, 5) is 4.09. The second-order valence-electron chi connectivity index (χ2n) is 4.01. The molecule has 2 heterocycles. The molecule has 0 saturated carbocycles. The van der Waals surface area contributed by atoms with Crippen molar-refractivity contribution >= 4 is 23.2 Å². The Morgan fingerprint density at radius 3 is 2.67 bits per heavy atom. The first-order chi connectivity index (χ1) is 10.0. The minimum Gasteiger partial charge on any atom is -0.332 e. The maximum atomic E-state index is 12.5. The zero-order valence-corrected chi connectivity index (χ0v) is 11.7. The van der Waals surface area contributed by atoms with Crippen LogP contribution in [0.5, 0.6) is 0 Å². The molecule has 0 atom stereocenters. The number of aromatic nitrogens is 4. The smallest absolute Gasteiger partial charge is 0.332 e. The highest BCUT2D eigenvalue weighted by molar-refractivity contribution is 6.36. The van der Waals surface area contributed by atoms with Gasteiger partial charge in [-0.2, -0.15) is 18.9 Å². The molecule has 1 aromatic carbocycles. The molecule has 21 heavy (non-hydrogen) atoms. The van der Waals surface area contributed by atoms with Gasteiger partial charge in [0.25, 0.3) is 5.89 Å². The Labute approximate surface area is 127 Å². The van der Waals surface area contributed by atoms with Crippen LogP contribution in [0.1, 0.15) is 6.55 Å². The molecule has 0 aliphatic rings. The summed E-state index contributed by atoms with van der Waals surface area (Å²) in [5, 5.41) is 8.23. The van der Waals surface area contributed by atoms with E-state index in [1.54, 1.807) is 18.2 Å². The molecule has 0 spiro atoms. The fourth-order valence-corrected chi connectivity index (χ4v) is 2.16. The summed E-state index contributed by atoms with van der Waals surface area (Å²) in [6.07, 6.45) is 1.12. The van der Waals surface area contributed by atoms with Gasteiger partial charge in [0.05, 0.1) is 5.02 Å². The molecule has 3 aromatic rings. The molecule has 0 amide bonds. The zero-order chi connectivity index (χ0) is 15.0. The number of benzene rings is 1. The van der Waals surface area contributed by atoms with E-state index < -0.39 is 6.55 Å². The molecule has 0 saturated heterocycles. The fourth-order valence-electron chi connectivity index (χ4n) is 1.67. The number of rotatable bonds is 3. The molecule has 9 heteroatoms. The van der Waals surface area contributed by atoms with Gasteiger partial charge < -0.3 is 4.52 Å². The molecule has 5 nitrogen and oxygen atoms in total. The van der Waals surface area contributed by atoms with Gasteiger partial charge in [0.15, 0.2) is 5.69 Å². The number of hydrogen-bond acceptors (Lipinski definition) is 4.